The normalized spacial score (nSPS) is 17.3. The summed E-state index contributed by atoms with van der Waals surface area (Å²) in [6, 6.07) is 6.94. The van der Waals surface area contributed by atoms with E-state index >= 15 is 0 Å². The lowest BCUT2D eigenvalue weighted by atomic mass is 10.0. The van der Waals surface area contributed by atoms with E-state index in [-0.39, 0.29) is 17.9 Å². The number of imidazole rings is 1. The lowest BCUT2D eigenvalue weighted by molar-refractivity contribution is -0.118. The van der Waals surface area contributed by atoms with Gasteiger partial charge >= 0.3 is 5.97 Å². The van der Waals surface area contributed by atoms with Gasteiger partial charge in [0.25, 0.3) is 0 Å². The number of benzene rings is 1. The fraction of sp³-hybridized carbons (Fsp3) is 0.476. The Kier molecular flexibility index (Phi) is 6.81. The summed E-state index contributed by atoms with van der Waals surface area (Å²) >= 11 is 0. The number of hydrogen-bond acceptors (Lipinski definition) is 5. The third-order valence-corrected chi connectivity index (χ3v) is 5.03. The van der Waals surface area contributed by atoms with Crippen molar-refractivity contribution in [2.45, 2.75) is 45.7 Å². The molecule has 2 heterocycles. The molecule has 0 spiro atoms. The maximum Gasteiger partial charge on any atom is 0.338 e. The Bertz CT molecular complexity index is 800. The molecule has 0 unspecified atom stereocenters. The second kappa shape index (κ2) is 9.50. The van der Waals surface area contributed by atoms with Crippen LogP contribution in [-0.2, 0) is 16.1 Å². The highest BCUT2D eigenvalue weighted by atomic mass is 16.5. The summed E-state index contributed by atoms with van der Waals surface area (Å²) in [5.74, 6) is 0.613. The zero-order valence-electron chi connectivity index (χ0n) is 16.6. The maximum absolute atomic E-state index is 12.6. The van der Waals surface area contributed by atoms with E-state index in [9.17, 15) is 9.59 Å². The summed E-state index contributed by atoms with van der Waals surface area (Å²) in [6.07, 6.45) is 7.07. The molecule has 7 nitrogen and oxygen atoms in total. The molecule has 150 valence electrons. The molecule has 0 radical (unpaired) electrons. The van der Waals surface area contributed by atoms with Gasteiger partial charge in [0.1, 0.15) is 5.82 Å². The number of nitrogens with zero attached hydrogens (tertiary/aromatic N) is 3. The van der Waals surface area contributed by atoms with Crippen LogP contribution in [0.15, 0.2) is 36.7 Å². The lowest BCUT2D eigenvalue weighted by Crippen LogP contribution is -2.40. The summed E-state index contributed by atoms with van der Waals surface area (Å²) in [4.78, 5) is 31.1. The van der Waals surface area contributed by atoms with Gasteiger partial charge in [-0.2, -0.15) is 0 Å². The first kappa shape index (κ1) is 20.1. The van der Waals surface area contributed by atoms with E-state index in [1.54, 1.807) is 31.2 Å². The Morgan fingerprint density at radius 1 is 1.21 bits per heavy atom. The Morgan fingerprint density at radius 2 is 2.00 bits per heavy atom. The summed E-state index contributed by atoms with van der Waals surface area (Å²) in [5, 5.41) is 2.92. The van der Waals surface area contributed by atoms with E-state index in [4.69, 9.17) is 4.74 Å². The van der Waals surface area contributed by atoms with Crippen LogP contribution in [0.4, 0.5) is 5.69 Å². The van der Waals surface area contributed by atoms with Crippen LogP contribution < -0.4 is 5.32 Å². The van der Waals surface area contributed by atoms with Gasteiger partial charge in [-0.1, -0.05) is 6.42 Å². The van der Waals surface area contributed by atoms with E-state index < -0.39 is 0 Å². The molecule has 2 aromatic rings. The minimum Gasteiger partial charge on any atom is -0.462 e. The monoisotopic (exact) mass is 384 g/mol. The van der Waals surface area contributed by atoms with Crippen LogP contribution >= 0.6 is 0 Å². The molecule has 1 saturated heterocycles. The number of likely N-dealkylation sites (tertiary alicyclic amines) is 1. The standard InChI is InChI=1S/C21H28N4O3/c1-3-24-14-12-22-20(24)18-7-5-6-13-25(18)15-19(26)23-17-10-8-16(9-11-17)21(27)28-4-2/h8-12,14,18H,3-7,13,15H2,1-2H3,(H,23,26)/t18-/m1/s1. The third kappa shape index (κ3) is 4.78. The second-order valence-electron chi connectivity index (χ2n) is 6.90. The van der Waals surface area contributed by atoms with Crippen molar-refractivity contribution in [2.75, 3.05) is 25.0 Å². The van der Waals surface area contributed by atoms with Crippen molar-refractivity contribution in [3.8, 4) is 0 Å². The third-order valence-electron chi connectivity index (χ3n) is 5.03. The molecule has 1 atom stereocenters. The van der Waals surface area contributed by atoms with E-state index in [1.165, 1.54) is 0 Å². The van der Waals surface area contributed by atoms with Crippen LogP contribution in [0.2, 0.25) is 0 Å². The first-order valence-corrected chi connectivity index (χ1v) is 9.94. The number of ether oxygens (including phenoxy) is 1. The van der Waals surface area contributed by atoms with Crippen molar-refractivity contribution < 1.29 is 14.3 Å². The fourth-order valence-electron chi connectivity index (χ4n) is 3.65. The quantitative estimate of drug-likeness (QED) is 0.742. The molecule has 28 heavy (non-hydrogen) atoms. The number of hydrogen-bond donors (Lipinski definition) is 1. The Balaban J connectivity index is 1.62. The molecule has 7 heteroatoms. The van der Waals surface area contributed by atoms with Crippen molar-refractivity contribution >= 4 is 17.6 Å². The number of esters is 1. The first-order chi connectivity index (χ1) is 13.6. The van der Waals surface area contributed by atoms with Gasteiger partial charge in [0, 0.05) is 24.6 Å². The van der Waals surface area contributed by atoms with Gasteiger partial charge in [-0.25, -0.2) is 9.78 Å². The highest BCUT2D eigenvalue weighted by molar-refractivity contribution is 5.94. The Labute approximate surface area is 165 Å². The van der Waals surface area contributed by atoms with E-state index in [0.29, 0.717) is 24.4 Å². The van der Waals surface area contributed by atoms with Crippen molar-refractivity contribution in [1.82, 2.24) is 14.5 Å². The fourth-order valence-corrected chi connectivity index (χ4v) is 3.65. The number of carbonyl (C=O) groups excluding carboxylic acids is 2. The van der Waals surface area contributed by atoms with Crippen molar-refractivity contribution in [3.63, 3.8) is 0 Å². The van der Waals surface area contributed by atoms with Crippen LogP contribution in [0.5, 0.6) is 0 Å². The second-order valence-corrected chi connectivity index (χ2v) is 6.90. The van der Waals surface area contributed by atoms with E-state index in [1.807, 2.05) is 12.4 Å². The minimum atomic E-state index is -0.358. The van der Waals surface area contributed by atoms with Gasteiger partial charge < -0.3 is 14.6 Å². The van der Waals surface area contributed by atoms with E-state index in [0.717, 1.165) is 38.2 Å². The van der Waals surface area contributed by atoms with Gasteiger partial charge in [0.05, 0.1) is 24.8 Å². The molecule has 0 aliphatic carbocycles. The number of aryl methyl sites for hydroxylation is 1. The molecule has 1 fully saturated rings. The molecular weight excluding hydrogens is 356 g/mol. The highest BCUT2D eigenvalue weighted by Crippen LogP contribution is 2.29. The first-order valence-electron chi connectivity index (χ1n) is 9.94. The number of amides is 1. The lowest BCUT2D eigenvalue weighted by Gasteiger charge is -2.34. The predicted molar refractivity (Wildman–Crippen MR) is 107 cm³/mol. The molecule has 1 N–H and O–H groups in total. The van der Waals surface area contributed by atoms with Crippen molar-refractivity contribution in [1.29, 1.82) is 0 Å². The van der Waals surface area contributed by atoms with E-state index in [2.05, 4.69) is 26.7 Å². The number of aromatic nitrogens is 2. The molecule has 3 rings (SSSR count). The smallest absolute Gasteiger partial charge is 0.338 e. The zero-order chi connectivity index (χ0) is 19.9. The van der Waals surface area contributed by atoms with Gasteiger partial charge in [0.15, 0.2) is 0 Å². The van der Waals surface area contributed by atoms with Crippen molar-refractivity contribution in [2.24, 2.45) is 0 Å². The summed E-state index contributed by atoms with van der Waals surface area (Å²) in [6.45, 7) is 6.29. The number of rotatable bonds is 7. The molecule has 1 aliphatic heterocycles. The molecule has 1 amide bonds. The SMILES string of the molecule is CCOC(=O)c1ccc(NC(=O)CN2CCCC[C@@H]2c2nccn2CC)cc1. The molecule has 0 bridgehead atoms. The highest BCUT2D eigenvalue weighted by Gasteiger charge is 2.28. The zero-order valence-corrected chi connectivity index (χ0v) is 16.6. The summed E-state index contributed by atoms with van der Waals surface area (Å²) in [7, 11) is 0. The molecule has 0 saturated carbocycles. The van der Waals surface area contributed by atoms with Gasteiger partial charge in [-0.3, -0.25) is 9.69 Å². The van der Waals surface area contributed by atoms with Gasteiger partial charge in [0.2, 0.25) is 5.91 Å². The van der Waals surface area contributed by atoms with Gasteiger partial charge in [-0.15, -0.1) is 0 Å². The van der Waals surface area contributed by atoms with Gasteiger partial charge in [-0.05, 0) is 57.5 Å². The van der Waals surface area contributed by atoms with Crippen LogP contribution in [-0.4, -0.2) is 46.0 Å². The van der Waals surface area contributed by atoms with Crippen LogP contribution in [0.3, 0.4) is 0 Å². The number of piperidine rings is 1. The number of carbonyl (C=O) groups is 2. The molecule has 1 aromatic carbocycles. The number of anilines is 1. The molecular formula is C21H28N4O3. The minimum absolute atomic E-state index is 0.0645. The van der Waals surface area contributed by atoms with Crippen LogP contribution in [0, 0.1) is 0 Å². The van der Waals surface area contributed by atoms with Crippen LogP contribution in [0.25, 0.3) is 0 Å². The summed E-state index contributed by atoms with van der Waals surface area (Å²) in [5.41, 5.74) is 1.14. The topological polar surface area (TPSA) is 76.5 Å². The molecule has 1 aliphatic rings. The maximum atomic E-state index is 12.6. The van der Waals surface area contributed by atoms with Crippen molar-refractivity contribution in [3.05, 3.63) is 48.0 Å². The van der Waals surface area contributed by atoms with Crippen LogP contribution in [0.1, 0.15) is 55.3 Å². The summed E-state index contributed by atoms with van der Waals surface area (Å²) < 4.78 is 7.12. The molecule has 1 aromatic heterocycles. The number of nitrogens with one attached hydrogen (secondary N) is 1. The largest absolute Gasteiger partial charge is 0.462 e. The Morgan fingerprint density at radius 3 is 2.71 bits per heavy atom. The Hall–Kier alpha value is -2.67. The average molecular weight is 384 g/mol. The average Bonchev–Trinajstić information content (AvgIpc) is 3.17. The predicted octanol–water partition coefficient (Wildman–Crippen LogP) is 3.25.